The maximum Gasteiger partial charge on any atom is 0.243 e. The second-order valence-corrected chi connectivity index (χ2v) is 10.5. The first-order valence-corrected chi connectivity index (χ1v) is 12.5. The quantitative estimate of drug-likeness (QED) is 0.532. The number of hydrogen-bond donors (Lipinski definition) is 2. The van der Waals surface area contributed by atoms with Gasteiger partial charge in [-0.1, -0.05) is 12.1 Å². The largest absolute Gasteiger partial charge is 0.379 e. The average Bonchev–Trinajstić information content (AvgIpc) is 2.79. The fourth-order valence-corrected chi connectivity index (χ4v) is 5.30. The number of benzene rings is 1. The van der Waals surface area contributed by atoms with Crippen LogP contribution in [0.1, 0.15) is 12.0 Å². The van der Waals surface area contributed by atoms with Crippen LogP contribution in [0.25, 0.3) is 0 Å². The zero-order valence-corrected chi connectivity index (χ0v) is 18.4. The van der Waals surface area contributed by atoms with Gasteiger partial charge in [-0.2, -0.15) is 4.31 Å². The van der Waals surface area contributed by atoms with Crippen LogP contribution in [0, 0.1) is 0 Å². The van der Waals surface area contributed by atoms with Crippen molar-refractivity contribution in [2.75, 3.05) is 32.8 Å². The molecule has 10 nitrogen and oxygen atoms in total. The number of carbonyl (C=O) groups excluding carboxylic acids is 1. The summed E-state index contributed by atoms with van der Waals surface area (Å²) in [5.74, 6) is -0.334. The van der Waals surface area contributed by atoms with Crippen molar-refractivity contribution >= 4 is 26.0 Å². The van der Waals surface area contributed by atoms with Gasteiger partial charge in [-0.25, -0.2) is 21.6 Å². The standard InChI is InChI=1S/C19H24N4O6S2/c24-19(7-9-22-30(25,26)18-2-1-8-20-15-18)21-14-16-3-5-17(6-4-16)31(27,28)23-10-12-29-13-11-23/h1-6,8,15,22H,7,9-14H2,(H,21,24). The lowest BCUT2D eigenvalue weighted by atomic mass is 10.2. The Balaban J connectivity index is 1.46. The van der Waals surface area contributed by atoms with Gasteiger partial charge in [0.1, 0.15) is 4.90 Å². The predicted octanol–water partition coefficient (Wildman–Crippen LogP) is 0.0873. The number of hydrogen-bond acceptors (Lipinski definition) is 7. The lowest BCUT2D eigenvalue weighted by molar-refractivity contribution is -0.121. The molecule has 1 aliphatic rings. The van der Waals surface area contributed by atoms with E-state index in [0.29, 0.717) is 26.3 Å². The van der Waals surface area contributed by atoms with Gasteiger partial charge in [0.05, 0.1) is 18.1 Å². The summed E-state index contributed by atoms with van der Waals surface area (Å²) in [6.07, 6.45) is 2.66. The van der Waals surface area contributed by atoms with E-state index in [9.17, 15) is 21.6 Å². The van der Waals surface area contributed by atoms with E-state index >= 15 is 0 Å². The van der Waals surface area contributed by atoms with Crippen molar-refractivity contribution in [2.24, 2.45) is 0 Å². The van der Waals surface area contributed by atoms with Crippen LogP contribution in [0.2, 0.25) is 0 Å². The predicted molar refractivity (Wildman–Crippen MR) is 112 cm³/mol. The van der Waals surface area contributed by atoms with Gasteiger partial charge in [0, 0.05) is 45.0 Å². The first-order chi connectivity index (χ1) is 14.8. The summed E-state index contributed by atoms with van der Waals surface area (Å²) in [5.41, 5.74) is 0.727. The van der Waals surface area contributed by atoms with Gasteiger partial charge in [0.2, 0.25) is 26.0 Å². The number of sulfonamides is 2. The van der Waals surface area contributed by atoms with E-state index in [1.165, 1.54) is 41.0 Å². The lowest BCUT2D eigenvalue weighted by Crippen LogP contribution is -2.40. The summed E-state index contributed by atoms with van der Waals surface area (Å²) in [6, 6.07) is 9.22. The third kappa shape index (κ3) is 6.31. The van der Waals surface area contributed by atoms with E-state index in [0.717, 1.165) is 5.56 Å². The lowest BCUT2D eigenvalue weighted by Gasteiger charge is -2.26. The molecule has 0 unspecified atom stereocenters. The van der Waals surface area contributed by atoms with Gasteiger partial charge in [0.25, 0.3) is 0 Å². The van der Waals surface area contributed by atoms with Crippen LogP contribution in [0.15, 0.2) is 58.6 Å². The molecule has 12 heteroatoms. The molecule has 1 aliphatic heterocycles. The van der Waals surface area contributed by atoms with E-state index in [-0.39, 0.29) is 35.2 Å². The Bertz CT molecular complexity index is 1080. The maximum absolute atomic E-state index is 12.6. The van der Waals surface area contributed by atoms with Gasteiger partial charge in [-0.05, 0) is 29.8 Å². The van der Waals surface area contributed by atoms with Crippen LogP contribution in [0.4, 0.5) is 0 Å². The molecule has 0 radical (unpaired) electrons. The topological polar surface area (TPSA) is 135 Å². The number of nitrogens with zero attached hydrogens (tertiary/aromatic N) is 2. The van der Waals surface area contributed by atoms with Gasteiger partial charge < -0.3 is 10.1 Å². The Hall–Kier alpha value is -2.38. The van der Waals surface area contributed by atoms with Crippen LogP contribution in [0.3, 0.4) is 0 Å². The molecule has 168 valence electrons. The van der Waals surface area contributed by atoms with Crippen LogP contribution in [0.5, 0.6) is 0 Å². The zero-order chi connectivity index (χ0) is 22.3. The molecule has 3 rings (SSSR count). The Morgan fingerprint density at radius 1 is 1.03 bits per heavy atom. The van der Waals surface area contributed by atoms with Crippen molar-refractivity contribution in [2.45, 2.75) is 22.8 Å². The van der Waals surface area contributed by atoms with Crippen molar-refractivity contribution in [3.8, 4) is 0 Å². The molecule has 0 spiro atoms. The summed E-state index contributed by atoms with van der Waals surface area (Å²) in [4.78, 5) is 16.0. The summed E-state index contributed by atoms with van der Waals surface area (Å²) in [5, 5.41) is 2.68. The van der Waals surface area contributed by atoms with Crippen molar-refractivity contribution < 1.29 is 26.4 Å². The highest BCUT2D eigenvalue weighted by Crippen LogP contribution is 2.17. The zero-order valence-electron chi connectivity index (χ0n) is 16.7. The molecule has 2 N–H and O–H groups in total. The van der Waals surface area contributed by atoms with Crippen molar-refractivity contribution in [1.82, 2.24) is 19.3 Å². The Morgan fingerprint density at radius 3 is 2.39 bits per heavy atom. The highest BCUT2D eigenvalue weighted by atomic mass is 32.2. The van der Waals surface area contributed by atoms with E-state index in [1.807, 2.05) is 0 Å². The van der Waals surface area contributed by atoms with E-state index in [2.05, 4.69) is 15.0 Å². The normalized spacial score (nSPS) is 15.5. The van der Waals surface area contributed by atoms with Crippen LogP contribution in [-0.4, -0.2) is 64.9 Å². The third-order valence-electron chi connectivity index (χ3n) is 4.61. The smallest absolute Gasteiger partial charge is 0.243 e. The monoisotopic (exact) mass is 468 g/mol. The molecule has 2 aromatic rings. The number of ether oxygens (including phenoxy) is 1. The molecule has 1 fully saturated rings. The molecular weight excluding hydrogens is 444 g/mol. The fourth-order valence-electron chi connectivity index (χ4n) is 2.89. The molecule has 1 amide bonds. The number of aromatic nitrogens is 1. The van der Waals surface area contributed by atoms with E-state index < -0.39 is 20.0 Å². The van der Waals surface area contributed by atoms with Gasteiger partial charge in [-0.3, -0.25) is 9.78 Å². The molecule has 0 atom stereocenters. The Labute approximate surface area is 181 Å². The number of morpholine rings is 1. The number of pyridine rings is 1. The molecular formula is C19H24N4O6S2. The summed E-state index contributed by atoms with van der Waals surface area (Å²) < 4.78 is 58.3. The van der Waals surface area contributed by atoms with E-state index in [4.69, 9.17) is 4.74 Å². The number of rotatable bonds is 9. The first kappa shape index (κ1) is 23.3. The number of amides is 1. The fraction of sp³-hybridized carbons (Fsp3) is 0.368. The Morgan fingerprint density at radius 2 is 1.74 bits per heavy atom. The van der Waals surface area contributed by atoms with Crippen LogP contribution in [-0.2, 0) is 36.1 Å². The summed E-state index contributed by atoms with van der Waals surface area (Å²) in [6.45, 7) is 1.55. The Kier molecular flexibility index (Phi) is 7.73. The molecule has 0 bridgehead atoms. The van der Waals surface area contributed by atoms with Crippen molar-refractivity contribution in [3.63, 3.8) is 0 Å². The minimum Gasteiger partial charge on any atom is -0.379 e. The van der Waals surface area contributed by atoms with Crippen LogP contribution >= 0.6 is 0 Å². The van der Waals surface area contributed by atoms with Gasteiger partial charge in [0.15, 0.2) is 0 Å². The minimum absolute atomic E-state index is 0.0301. The second kappa shape index (κ2) is 10.3. The van der Waals surface area contributed by atoms with Crippen LogP contribution < -0.4 is 10.0 Å². The molecule has 2 heterocycles. The van der Waals surface area contributed by atoms with Crippen molar-refractivity contribution in [1.29, 1.82) is 0 Å². The van der Waals surface area contributed by atoms with Gasteiger partial charge in [-0.15, -0.1) is 0 Å². The highest BCUT2D eigenvalue weighted by Gasteiger charge is 2.26. The SMILES string of the molecule is O=C(CCNS(=O)(=O)c1cccnc1)NCc1ccc(S(=O)(=O)N2CCOCC2)cc1. The summed E-state index contributed by atoms with van der Waals surface area (Å²) in [7, 11) is -7.28. The average molecular weight is 469 g/mol. The molecule has 1 aromatic carbocycles. The minimum atomic E-state index is -3.71. The highest BCUT2D eigenvalue weighted by molar-refractivity contribution is 7.89. The third-order valence-corrected chi connectivity index (χ3v) is 7.97. The first-order valence-electron chi connectivity index (χ1n) is 9.62. The second-order valence-electron chi connectivity index (χ2n) is 6.77. The molecule has 0 aliphatic carbocycles. The molecule has 31 heavy (non-hydrogen) atoms. The molecule has 1 saturated heterocycles. The number of nitrogens with one attached hydrogen (secondary N) is 2. The van der Waals surface area contributed by atoms with Gasteiger partial charge >= 0.3 is 0 Å². The van der Waals surface area contributed by atoms with E-state index in [1.54, 1.807) is 12.1 Å². The molecule has 0 saturated carbocycles. The number of carbonyl (C=O) groups is 1. The summed E-state index contributed by atoms with van der Waals surface area (Å²) >= 11 is 0. The van der Waals surface area contributed by atoms with Crippen molar-refractivity contribution in [3.05, 3.63) is 54.4 Å². The maximum atomic E-state index is 12.6. The molecule has 1 aromatic heterocycles.